The van der Waals surface area contributed by atoms with Crippen molar-refractivity contribution in [3.05, 3.63) is 24.3 Å². The predicted molar refractivity (Wildman–Crippen MR) is 112 cm³/mol. The van der Waals surface area contributed by atoms with Gasteiger partial charge < -0.3 is 18.8 Å². The molecule has 1 aromatic carbocycles. The number of benzene rings is 1. The van der Waals surface area contributed by atoms with Gasteiger partial charge >= 0.3 is 5.97 Å². The summed E-state index contributed by atoms with van der Waals surface area (Å²) in [6, 6.07) is 7.46. The molecule has 1 fully saturated rings. The number of nitrogens with zero attached hydrogens (tertiary/aromatic N) is 3. The molecule has 162 valence electrons. The number of rotatable bonds is 8. The van der Waals surface area contributed by atoms with E-state index in [1.165, 1.54) is 11.8 Å². The Hall–Kier alpha value is -2.55. The zero-order valence-electron chi connectivity index (χ0n) is 17.5. The zero-order chi connectivity index (χ0) is 21.5. The minimum Gasteiger partial charge on any atom is -0.493 e. The fourth-order valence-electron chi connectivity index (χ4n) is 3.35. The number of thioether (sulfide) groups is 1. The second-order valence-electron chi connectivity index (χ2n) is 6.91. The third-order valence-corrected chi connectivity index (χ3v) is 5.80. The molecule has 0 N–H and O–H groups in total. The number of amides is 1. The molecule has 8 nitrogen and oxygen atoms in total. The standard InChI is InChI=1S/C21H27N3O5S/c1-4-27-17-9-7-6-8-16(17)18-22-23-21(29-18)30-14(3)19(25)24-12-10-15(11-13-24)20(26)28-5-2/h6-9,14-15H,4-5,10-13H2,1-3H3. The molecule has 0 radical (unpaired) electrons. The van der Waals surface area contributed by atoms with Gasteiger partial charge in [0.05, 0.1) is 29.9 Å². The molecule has 1 saturated heterocycles. The van der Waals surface area contributed by atoms with Gasteiger partial charge in [0.2, 0.25) is 5.91 Å². The largest absolute Gasteiger partial charge is 0.493 e. The lowest BCUT2D eigenvalue weighted by atomic mass is 9.97. The summed E-state index contributed by atoms with van der Waals surface area (Å²) < 4.78 is 16.5. The van der Waals surface area contributed by atoms with Crippen LogP contribution in [-0.4, -0.2) is 58.5 Å². The van der Waals surface area contributed by atoms with Crippen molar-refractivity contribution in [3.8, 4) is 17.2 Å². The van der Waals surface area contributed by atoms with Crippen LogP contribution in [0, 0.1) is 5.92 Å². The molecular weight excluding hydrogens is 406 g/mol. The van der Waals surface area contributed by atoms with Crippen LogP contribution in [0.3, 0.4) is 0 Å². The molecule has 1 amide bonds. The summed E-state index contributed by atoms with van der Waals surface area (Å²) in [4.78, 5) is 26.5. The lowest BCUT2D eigenvalue weighted by Crippen LogP contribution is -2.43. The number of aromatic nitrogens is 2. The number of hydrogen-bond acceptors (Lipinski definition) is 8. The maximum absolute atomic E-state index is 12.8. The molecular formula is C21H27N3O5S. The molecule has 0 aliphatic carbocycles. The van der Waals surface area contributed by atoms with Gasteiger partial charge in [0.15, 0.2) is 0 Å². The molecule has 0 saturated carbocycles. The van der Waals surface area contributed by atoms with E-state index in [0.717, 1.165) is 5.56 Å². The van der Waals surface area contributed by atoms with Crippen molar-refractivity contribution in [1.29, 1.82) is 0 Å². The second kappa shape index (κ2) is 10.5. The summed E-state index contributed by atoms with van der Waals surface area (Å²) >= 11 is 1.23. The Kier molecular flexibility index (Phi) is 7.73. The van der Waals surface area contributed by atoms with E-state index in [2.05, 4.69) is 10.2 Å². The fraction of sp³-hybridized carbons (Fsp3) is 0.524. The molecule has 0 spiro atoms. The predicted octanol–water partition coefficient (Wildman–Crippen LogP) is 3.42. The molecule has 1 unspecified atom stereocenters. The quantitative estimate of drug-likeness (QED) is 0.462. The smallest absolute Gasteiger partial charge is 0.309 e. The van der Waals surface area contributed by atoms with Gasteiger partial charge in [-0.05, 0) is 45.7 Å². The van der Waals surface area contributed by atoms with Crippen molar-refractivity contribution in [2.45, 2.75) is 44.1 Å². The number of carbonyl (C=O) groups is 2. The lowest BCUT2D eigenvalue weighted by molar-refractivity contribution is -0.151. The van der Waals surface area contributed by atoms with Crippen molar-refractivity contribution in [1.82, 2.24) is 15.1 Å². The number of hydrogen-bond donors (Lipinski definition) is 0. The van der Waals surface area contributed by atoms with Gasteiger partial charge in [-0.15, -0.1) is 10.2 Å². The zero-order valence-corrected chi connectivity index (χ0v) is 18.3. The summed E-state index contributed by atoms with van der Waals surface area (Å²) in [5, 5.41) is 8.14. The Morgan fingerprint density at radius 3 is 2.63 bits per heavy atom. The first-order valence-electron chi connectivity index (χ1n) is 10.2. The summed E-state index contributed by atoms with van der Waals surface area (Å²) in [5.41, 5.74) is 0.721. The first-order chi connectivity index (χ1) is 14.5. The Balaban J connectivity index is 1.58. The highest BCUT2D eigenvalue weighted by Gasteiger charge is 2.31. The van der Waals surface area contributed by atoms with E-state index in [1.54, 1.807) is 11.8 Å². The molecule has 0 bridgehead atoms. The van der Waals surface area contributed by atoms with E-state index in [-0.39, 0.29) is 23.0 Å². The minimum absolute atomic E-state index is 0.00299. The van der Waals surface area contributed by atoms with E-state index in [1.807, 2.05) is 38.1 Å². The van der Waals surface area contributed by atoms with Crippen LogP contribution in [0.2, 0.25) is 0 Å². The van der Waals surface area contributed by atoms with Crippen LogP contribution in [0.5, 0.6) is 5.75 Å². The van der Waals surface area contributed by atoms with Gasteiger partial charge in [-0.2, -0.15) is 0 Å². The lowest BCUT2D eigenvalue weighted by Gasteiger charge is -2.32. The molecule has 2 aromatic rings. The first-order valence-corrected chi connectivity index (χ1v) is 11.1. The minimum atomic E-state index is -0.375. The molecule has 2 heterocycles. The first kappa shape index (κ1) is 22.1. The highest BCUT2D eigenvalue weighted by Crippen LogP contribution is 2.32. The maximum atomic E-state index is 12.8. The number of likely N-dealkylation sites (tertiary alicyclic amines) is 1. The monoisotopic (exact) mass is 433 g/mol. The summed E-state index contributed by atoms with van der Waals surface area (Å²) in [7, 11) is 0. The summed E-state index contributed by atoms with van der Waals surface area (Å²) in [6.45, 7) is 7.54. The molecule has 3 rings (SSSR count). The van der Waals surface area contributed by atoms with Gasteiger partial charge in [0, 0.05) is 13.1 Å². The van der Waals surface area contributed by atoms with Crippen LogP contribution in [0.15, 0.2) is 33.9 Å². The van der Waals surface area contributed by atoms with Crippen LogP contribution in [0.4, 0.5) is 0 Å². The van der Waals surface area contributed by atoms with Gasteiger partial charge in [-0.1, -0.05) is 23.9 Å². The van der Waals surface area contributed by atoms with E-state index < -0.39 is 0 Å². The highest BCUT2D eigenvalue weighted by atomic mass is 32.2. The molecule has 30 heavy (non-hydrogen) atoms. The van der Waals surface area contributed by atoms with Crippen LogP contribution in [0.25, 0.3) is 11.5 Å². The number of piperidine rings is 1. The third-order valence-electron chi connectivity index (χ3n) is 4.88. The van der Waals surface area contributed by atoms with E-state index >= 15 is 0 Å². The number of ether oxygens (including phenoxy) is 2. The summed E-state index contributed by atoms with van der Waals surface area (Å²) in [5.74, 6) is 0.737. The normalized spacial score (nSPS) is 15.6. The number of esters is 1. The topological polar surface area (TPSA) is 94.8 Å². The number of para-hydroxylation sites is 1. The third kappa shape index (κ3) is 5.33. The molecule has 1 aliphatic rings. The van der Waals surface area contributed by atoms with Gasteiger partial charge in [0.25, 0.3) is 11.1 Å². The summed E-state index contributed by atoms with van der Waals surface area (Å²) in [6.07, 6.45) is 1.25. The van der Waals surface area contributed by atoms with Crippen LogP contribution in [-0.2, 0) is 14.3 Å². The van der Waals surface area contributed by atoms with Crippen LogP contribution >= 0.6 is 11.8 Å². The average Bonchev–Trinajstić information content (AvgIpc) is 3.22. The van der Waals surface area contributed by atoms with E-state index in [4.69, 9.17) is 13.9 Å². The average molecular weight is 434 g/mol. The second-order valence-corrected chi connectivity index (χ2v) is 8.21. The van der Waals surface area contributed by atoms with Gasteiger partial charge in [0.1, 0.15) is 5.75 Å². The molecule has 1 aliphatic heterocycles. The van der Waals surface area contributed by atoms with Crippen LogP contribution in [0.1, 0.15) is 33.6 Å². The SMILES string of the molecule is CCOC(=O)C1CCN(C(=O)C(C)Sc2nnc(-c3ccccc3OCC)o2)CC1. The Morgan fingerprint density at radius 1 is 1.20 bits per heavy atom. The van der Waals surface area contributed by atoms with E-state index in [0.29, 0.717) is 56.0 Å². The Bertz CT molecular complexity index is 864. The molecule has 9 heteroatoms. The Labute approximate surface area is 180 Å². The highest BCUT2D eigenvalue weighted by molar-refractivity contribution is 8.00. The van der Waals surface area contributed by atoms with E-state index in [9.17, 15) is 9.59 Å². The van der Waals surface area contributed by atoms with Crippen molar-refractivity contribution < 1.29 is 23.5 Å². The van der Waals surface area contributed by atoms with Gasteiger partial charge in [-0.3, -0.25) is 9.59 Å². The van der Waals surface area contributed by atoms with Crippen molar-refractivity contribution >= 4 is 23.6 Å². The van der Waals surface area contributed by atoms with Crippen molar-refractivity contribution in [2.75, 3.05) is 26.3 Å². The van der Waals surface area contributed by atoms with Crippen molar-refractivity contribution in [3.63, 3.8) is 0 Å². The maximum Gasteiger partial charge on any atom is 0.309 e. The number of carbonyl (C=O) groups excluding carboxylic acids is 2. The fourth-order valence-corrected chi connectivity index (χ4v) is 4.11. The molecule has 1 atom stereocenters. The van der Waals surface area contributed by atoms with Crippen LogP contribution < -0.4 is 4.74 Å². The van der Waals surface area contributed by atoms with Gasteiger partial charge in [-0.25, -0.2) is 0 Å². The molecule has 1 aromatic heterocycles. The Morgan fingerprint density at radius 2 is 1.93 bits per heavy atom. The van der Waals surface area contributed by atoms with Crippen molar-refractivity contribution in [2.24, 2.45) is 5.92 Å².